The summed E-state index contributed by atoms with van der Waals surface area (Å²) >= 11 is 15.9. The lowest BCUT2D eigenvalue weighted by molar-refractivity contribution is -0.143. The Labute approximate surface area is 315 Å². The highest BCUT2D eigenvalue weighted by molar-refractivity contribution is 7.19. The van der Waals surface area contributed by atoms with E-state index in [1.807, 2.05) is 54.6 Å². The third kappa shape index (κ3) is 6.83. The van der Waals surface area contributed by atoms with Crippen molar-refractivity contribution in [3.8, 4) is 28.3 Å². The molecular formula is C39H38Cl2N6O4S. The second-order valence-corrected chi connectivity index (χ2v) is 15.9. The molecule has 3 aliphatic heterocycles. The van der Waals surface area contributed by atoms with Crippen molar-refractivity contribution in [1.29, 1.82) is 0 Å². The molecule has 52 heavy (non-hydrogen) atoms. The Morgan fingerprint density at radius 1 is 1.06 bits per heavy atom. The molecule has 3 aromatic heterocycles. The third-order valence-electron chi connectivity index (χ3n) is 10.4. The molecule has 13 heteroatoms. The molecular weight excluding hydrogens is 719 g/mol. The zero-order valence-electron chi connectivity index (χ0n) is 28.6. The molecule has 0 bridgehead atoms. The first-order valence-corrected chi connectivity index (χ1v) is 19.0. The van der Waals surface area contributed by atoms with Gasteiger partial charge in [-0.1, -0.05) is 59.6 Å². The number of carbonyl (C=O) groups excluding carboxylic acids is 1. The van der Waals surface area contributed by atoms with Gasteiger partial charge in [0.25, 0.3) is 0 Å². The molecule has 0 unspecified atom stereocenters. The molecule has 10 nitrogen and oxygen atoms in total. The number of halogens is 2. The fourth-order valence-electron chi connectivity index (χ4n) is 7.81. The van der Waals surface area contributed by atoms with Crippen LogP contribution in [0, 0.1) is 5.92 Å². The topological polar surface area (TPSA) is 120 Å². The van der Waals surface area contributed by atoms with Crippen LogP contribution in [0.15, 0.2) is 66.9 Å². The van der Waals surface area contributed by atoms with Gasteiger partial charge in [-0.25, -0.2) is 9.97 Å². The molecule has 1 atom stereocenters. The molecule has 6 heterocycles. The van der Waals surface area contributed by atoms with Crippen molar-refractivity contribution in [1.82, 2.24) is 25.1 Å². The van der Waals surface area contributed by atoms with Crippen LogP contribution in [0.4, 0.5) is 11.5 Å². The maximum atomic E-state index is 11.8. The molecule has 268 valence electrons. The van der Waals surface area contributed by atoms with Gasteiger partial charge in [0.2, 0.25) is 11.8 Å². The van der Waals surface area contributed by atoms with Gasteiger partial charge >= 0.3 is 5.97 Å². The predicted molar refractivity (Wildman–Crippen MR) is 206 cm³/mol. The molecule has 1 amide bonds. The predicted octanol–water partition coefficient (Wildman–Crippen LogP) is 7.85. The van der Waals surface area contributed by atoms with E-state index in [2.05, 4.69) is 31.5 Å². The van der Waals surface area contributed by atoms with E-state index in [0.717, 1.165) is 76.1 Å². The lowest BCUT2D eigenvalue weighted by Crippen LogP contribution is -2.66. The van der Waals surface area contributed by atoms with Gasteiger partial charge in [-0.3, -0.25) is 19.4 Å². The number of nitrogens with zero attached hydrogens (tertiary/aromatic N) is 4. The largest absolute Gasteiger partial charge is 0.481 e. The molecule has 0 aliphatic carbocycles. The maximum Gasteiger partial charge on any atom is 0.307 e. The monoisotopic (exact) mass is 756 g/mol. The first-order chi connectivity index (χ1) is 25.2. The number of amides is 1. The number of thiophene rings is 1. The number of hydrogen-bond donors (Lipinski definition) is 3. The highest BCUT2D eigenvalue weighted by atomic mass is 35.5. The maximum absolute atomic E-state index is 11.8. The average molecular weight is 758 g/mol. The summed E-state index contributed by atoms with van der Waals surface area (Å²) in [5.74, 6) is 0.335. The van der Waals surface area contributed by atoms with Crippen molar-refractivity contribution >= 4 is 68.0 Å². The van der Waals surface area contributed by atoms with E-state index >= 15 is 0 Å². The number of fused-ring (bicyclic) bond motifs is 1. The number of hydrogen-bond acceptors (Lipinski definition) is 9. The van der Waals surface area contributed by atoms with E-state index in [-0.39, 0.29) is 17.4 Å². The van der Waals surface area contributed by atoms with Crippen LogP contribution in [0.5, 0.6) is 5.88 Å². The van der Waals surface area contributed by atoms with Gasteiger partial charge in [0.1, 0.15) is 5.82 Å². The number of aliphatic carboxylic acids is 1. The van der Waals surface area contributed by atoms with Crippen molar-refractivity contribution in [3.05, 3.63) is 87.3 Å². The lowest BCUT2D eigenvalue weighted by atomic mass is 9.88. The average Bonchev–Trinajstić information content (AvgIpc) is 3.73. The van der Waals surface area contributed by atoms with E-state index in [0.29, 0.717) is 59.2 Å². The number of ether oxygens (including phenoxy) is 1. The van der Waals surface area contributed by atoms with Gasteiger partial charge in [0, 0.05) is 82.6 Å². The summed E-state index contributed by atoms with van der Waals surface area (Å²) in [6.07, 6.45) is 4.88. The van der Waals surface area contributed by atoms with Crippen molar-refractivity contribution in [2.45, 2.75) is 44.3 Å². The van der Waals surface area contributed by atoms with Gasteiger partial charge in [0.05, 0.1) is 40.0 Å². The van der Waals surface area contributed by atoms with Crippen LogP contribution in [0.3, 0.4) is 0 Å². The number of rotatable bonds is 10. The molecule has 2 aromatic carbocycles. The van der Waals surface area contributed by atoms with E-state index in [1.165, 1.54) is 0 Å². The molecule has 5 aromatic rings. The Bertz CT molecular complexity index is 2190. The molecule has 8 rings (SSSR count). The van der Waals surface area contributed by atoms with Crippen LogP contribution in [0.25, 0.3) is 32.5 Å². The van der Waals surface area contributed by atoms with Crippen molar-refractivity contribution in [2.24, 2.45) is 5.92 Å². The zero-order valence-corrected chi connectivity index (χ0v) is 31.0. The quantitative estimate of drug-likeness (QED) is 0.131. The summed E-state index contributed by atoms with van der Waals surface area (Å²) in [4.78, 5) is 38.6. The SMILES string of the molecule is COc1nc(-c2cccc(-c3cccc(Nc4nccc5sc(CN6CCC[C@H](C(=O)O)C6)cc45)c3Cl)c2Cl)ccc1CN1CC2(CCC(=O)N2)C1. The molecule has 0 saturated carbocycles. The van der Waals surface area contributed by atoms with Gasteiger partial charge in [-0.2, -0.15) is 0 Å². The molecule has 3 aliphatic rings. The number of carboxylic acid groups (broad SMARTS) is 1. The van der Waals surface area contributed by atoms with E-state index in [4.69, 9.17) is 32.9 Å². The molecule has 3 saturated heterocycles. The standard InChI is InChI=1S/C39H38Cl2N6O4S/c1-51-37-23(18-47-21-39(22-47)14-12-33(48)45-39)10-11-30(44-37)28-8-2-6-26(34(28)40)27-7-3-9-31(35(27)41)43-36-29-17-25(52-32(29)13-15-42-36)20-46-16-4-5-24(19-46)38(49)50/h2-3,6-11,13,15,17,24H,4-5,12,14,16,18-22H2,1H3,(H,42,43)(H,45,48)(H,49,50)/t24-/m0/s1. The van der Waals surface area contributed by atoms with Crippen LogP contribution in [0.2, 0.25) is 10.0 Å². The minimum Gasteiger partial charge on any atom is -0.481 e. The van der Waals surface area contributed by atoms with Crippen LogP contribution in [0.1, 0.15) is 36.1 Å². The fraction of sp³-hybridized carbons (Fsp3) is 0.333. The Kier molecular flexibility index (Phi) is 9.56. The van der Waals surface area contributed by atoms with E-state index in [1.54, 1.807) is 24.6 Å². The number of carbonyl (C=O) groups is 2. The van der Waals surface area contributed by atoms with Gasteiger partial charge < -0.3 is 20.5 Å². The number of anilines is 2. The van der Waals surface area contributed by atoms with Gasteiger partial charge in [0.15, 0.2) is 0 Å². The van der Waals surface area contributed by atoms with Crippen LogP contribution in [-0.2, 0) is 22.7 Å². The lowest BCUT2D eigenvalue weighted by Gasteiger charge is -2.48. The van der Waals surface area contributed by atoms with Gasteiger partial charge in [-0.15, -0.1) is 11.3 Å². The molecule has 1 spiro atoms. The van der Waals surface area contributed by atoms with E-state index in [9.17, 15) is 14.7 Å². The fourth-order valence-corrected chi connectivity index (χ4v) is 9.51. The Morgan fingerprint density at radius 2 is 1.85 bits per heavy atom. The van der Waals surface area contributed by atoms with Crippen LogP contribution < -0.4 is 15.4 Å². The van der Waals surface area contributed by atoms with Crippen molar-refractivity contribution in [3.63, 3.8) is 0 Å². The number of benzene rings is 2. The second kappa shape index (κ2) is 14.3. The minimum atomic E-state index is -0.718. The molecule has 3 N–H and O–H groups in total. The summed E-state index contributed by atoms with van der Waals surface area (Å²) in [5, 5.41) is 18.2. The number of piperidine rings is 1. The number of aromatic nitrogens is 2. The summed E-state index contributed by atoms with van der Waals surface area (Å²) in [7, 11) is 1.62. The summed E-state index contributed by atoms with van der Waals surface area (Å²) in [5.41, 5.74) is 4.57. The van der Waals surface area contributed by atoms with Crippen molar-refractivity contribution in [2.75, 3.05) is 38.6 Å². The summed E-state index contributed by atoms with van der Waals surface area (Å²) in [6.45, 7) is 4.48. The first kappa shape index (κ1) is 34.8. The molecule has 3 fully saturated rings. The number of pyridine rings is 2. The summed E-state index contributed by atoms with van der Waals surface area (Å²) < 4.78 is 6.82. The number of carboxylic acids is 1. The molecule has 0 radical (unpaired) electrons. The van der Waals surface area contributed by atoms with Crippen LogP contribution >= 0.6 is 34.5 Å². The van der Waals surface area contributed by atoms with Crippen LogP contribution in [-0.4, -0.2) is 75.6 Å². The van der Waals surface area contributed by atoms with Crippen molar-refractivity contribution < 1.29 is 19.4 Å². The smallest absolute Gasteiger partial charge is 0.307 e. The summed E-state index contributed by atoms with van der Waals surface area (Å²) in [6, 6.07) is 19.8. The number of nitrogens with one attached hydrogen (secondary N) is 2. The Morgan fingerprint density at radius 3 is 2.62 bits per heavy atom. The normalized spacial score (nSPS) is 18.8. The third-order valence-corrected chi connectivity index (χ3v) is 12.3. The Balaban J connectivity index is 1.01. The van der Waals surface area contributed by atoms with E-state index < -0.39 is 5.97 Å². The first-order valence-electron chi connectivity index (χ1n) is 17.4. The number of methoxy groups -OCH3 is 1. The second-order valence-electron chi connectivity index (χ2n) is 14.0. The number of likely N-dealkylation sites (tertiary alicyclic amines) is 2. The zero-order chi connectivity index (χ0) is 36.0. The Hall–Kier alpha value is -4.26. The highest BCUT2D eigenvalue weighted by Crippen LogP contribution is 2.43. The van der Waals surface area contributed by atoms with Gasteiger partial charge in [-0.05, 0) is 50.1 Å². The highest BCUT2D eigenvalue weighted by Gasteiger charge is 2.47. The minimum absolute atomic E-state index is 0.0830.